The smallest absolute Gasteiger partial charge is 0.324 e. The zero-order valence-electron chi connectivity index (χ0n) is 10.9. The van der Waals surface area contributed by atoms with Crippen molar-refractivity contribution in [1.82, 2.24) is 10.2 Å². The number of hydrogen-bond acceptors (Lipinski definition) is 3. The quantitative estimate of drug-likeness (QED) is 0.791. The second-order valence-electron chi connectivity index (χ2n) is 5.46. The number of nitrogens with zero attached hydrogens (tertiary/aromatic N) is 1. The fourth-order valence-electron chi connectivity index (χ4n) is 2.07. The Labute approximate surface area is 106 Å². The van der Waals surface area contributed by atoms with Crippen LogP contribution in [0.1, 0.15) is 39.5 Å². The number of nitrogens with one attached hydrogen (secondary N) is 1. The van der Waals surface area contributed by atoms with E-state index >= 15 is 0 Å². The maximum Gasteiger partial charge on any atom is 0.324 e. The number of aliphatic carboxylic acids is 1. The lowest BCUT2D eigenvalue weighted by Crippen LogP contribution is -2.42. The normalized spacial score (nSPS) is 15.6. The molecule has 1 aliphatic rings. The molecule has 0 bridgehead atoms. The van der Waals surface area contributed by atoms with Gasteiger partial charge in [-0.25, -0.2) is 4.79 Å². The molecule has 1 rings (SSSR count). The molecule has 102 valence electrons. The van der Waals surface area contributed by atoms with Crippen molar-refractivity contribution in [2.24, 2.45) is 5.41 Å². The Kier molecular flexibility index (Phi) is 4.69. The molecular weight excluding hydrogens is 236 g/mol. The van der Waals surface area contributed by atoms with Gasteiger partial charge in [0.1, 0.15) is 0 Å². The number of likely N-dealkylation sites (tertiary alicyclic amines) is 1. The fraction of sp³-hybridized carbons (Fsp3) is 0.750. The van der Waals surface area contributed by atoms with Crippen LogP contribution in [-0.2, 0) is 9.59 Å². The first kappa shape index (κ1) is 14.5. The van der Waals surface area contributed by atoms with Gasteiger partial charge in [0, 0.05) is 19.5 Å². The zero-order chi connectivity index (χ0) is 13.8. The van der Waals surface area contributed by atoms with E-state index in [1.54, 1.807) is 18.7 Å². The van der Waals surface area contributed by atoms with E-state index in [-0.39, 0.29) is 18.9 Å². The zero-order valence-corrected chi connectivity index (χ0v) is 10.9. The van der Waals surface area contributed by atoms with Gasteiger partial charge in [-0.05, 0) is 18.3 Å². The Balaban J connectivity index is 2.40. The molecule has 0 saturated carbocycles. The Hall–Kier alpha value is -1.59. The van der Waals surface area contributed by atoms with E-state index in [2.05, 4.69) is 5.32 Å². The van der Waals surface area contributed by atoms with Gasteiger partial charge in [-0.3, -0.25) is 14.9 Å². The van der Waals surface area contributed by atoms with Crippen LogP contribution in [0, 0.1) is 5.41 Å². The molecule has 6 heteroatoms. The molecule has 0 spiro atoms. The molecule has 0 unspecified atom stereocenters. The molecule has 0 aromatic heterocycles. The molecule has 1 aliphatic heterocycles. The summed E-state index contributed by atoms with van der Waals surface area (Å²) >= 11 is 0. The topological polar surface area (TPSA) is 86.7 Å². The van der Waals surface area contributed by atoms with Crippen molar-refractivity contribution in [2.75, 3.05) is 13.1 Å². The van der Waals surface area contributed by atoms with E-state index in [0.717, 1.165) is 12.8 Å². The summed E-state index contributed by atoms with van der Waals surface area (Å²) in [5, 5.41) is 11.0. The van der Waals surface area contributed by atoms with E-state index in [1.165, 1.54) is 0 Å². The lowest BCUT2D eigenvalue weighted by atomic mass is 9.85. The molecule has 1 fully saturated rings. The molecule has 0 aromatic rings. The highest BCUT2D eigenvalue weighted by atomic mass is 16.4. The van der Waals surface area contributed by atoms with Gasteiger partial charge >= 0.3 is 12.0 Å². The van der Waals surface area contributed by atoms with Gasteiger partial charge in [-0.1, -0.05) is 13.8 Å². The van der Waals surface area contributed by atoms with Gasteiger partial charge < -0.3 is 10.0 Å². The Bertz CT molecular complexity index is 346. The number of carboxylic acid groups (broad SMARTS) is 1. The van der Waals surface area contributed by atoms with Crippen LogP contribution < -0.4 is 5.32 Å². The third kappa shape index (κ3) is 4.73. The van der Waals surface area contributed by atoms with Gasteiger partial charge in [-0.2, -0.15) is 0 Å². The van der Waals surface area contributed by atoms with Crippen molar-refractivity contribution < 1.29 is 19.5 Å². The van der Waals surface area contributed by atoms with Crippen LogP contribution >= 0.6 is 0 Å². The van der Waals surface area contributed by atoms with Crippen LogP contribution in [0.25, 0.3) is 0 Å². The molecule has 1 saturated heterocycles. The third-order valence-corrected chi connectivity index (χ3v) is 2.91. The minimum Gasteiger partial charge on any atom is -0.481 e. The van der Waals surface area contributed by atoms with Crippen LogP contribution in [-0.4, -0.2) is 41.0 Å². The third-order valence-electron chi connectivity index (χ3n) is 2.91. The minimum absolute atomic E-state index is 0.0267. The number of carbonyl (C=O) groups is 3. The van der Waals surface area contributed by atoms with Crippen LogP contribution in [0.15, 0.2) is 0 Å². The molecule has 2 N–H and O–H groups in total. The number of rotatable bonds is 4. The summed E-state index contributed by atoms with van der Waals surface area (Å²) in [5.41, 5.74) is -0.652. The number of carboxylic acids is 1. The number of imide groups is 1. The van der Waals surface area contributed by atoms with E-state index < -0.39 is 17.3 Å². The first-order chi connectivity index (χ1) is 8.30. The molecule has 0 aromatic carbocycles. The van der Waals surface area contributed by atoms with Crippen LogP contribution in [0.4, 0.5) is 4.79 Å². The molecule has 1 heterocycles. The number of hydrogen-bond donors (Lipinski definition) is 2. The van der Waals surface area contributed by atoms with Gasteiger partial charge in [-0.15, -0.1) is 0 Å². The first-order valence-corrected chi connectivity index (χ1v) is 6.11. The summed E-state index contributed by atoms with van der Waals surface area (Å²) in [5.74, 6) is -1.36. The maximum absolute atomic E-state index is 11.7. The van der Waals surface area contributed by atoms with E-state index in [9.17, 15) is 14.4 Å². The largest absolute Gasteiger partial charge is 0.481 e. The summed E-state index contributed by atoms with van der Waals surface area (Å²) < 4.78 is 0. The molecular formula is C12H20N2O4. The highest BCUT2D eigenvalue weighted by molar-refractivity contribution is 5.94. The average molecular weight is 256 g/mol. The van der Waals surface area contributed by atoms with Crippen molar-refractivity contribution in [2.45, 2.75) is 39.5 Å². The van der Waals surface area contributed by atoms with Crippen molar-refractivity contribution in [3.63, 3.8) is 0 Å². The summed E-state index contributed by atoms with van der Waals surface area (Å²) in [6.45, 7) is 4.75. The maximum atomic E-state index is 11.7. The molecule has 0 aliphatic carbocycles. The number of carbonyl (C=O) groups excluding carboxylic acids is 2. The van der Waals surface area contributed by atoms with Crippen molar-refractivity contribution in [3.05, 3.63) is 0 Å². The molecule has 18 heavy (non-hydrogen) atoms. The van der Waals surface area contributed by atoms with Crippen LogP contribution in [0.2, 0.25) is 0 Å². The Morgan fingerprint density at radius 3 is 2.22 bits per heavy atom. The van der Waals surface area contributed by atoms with Crippen LogP contribution in [0.5, 0.6) is 0 Å². The molecule has 3 amide bonds. The standard InChI is InChI=1S/C12H20N2O4/c1-12(2,8-10(16)17)7-9(15)13-11(18)14-5-3-4-6-14/h3-8H2,1-2H3,(H,16,17)(H,13,15,18). The second-order valence-corrected chi connectivity index (χ2v) is 5.46. The summed E-state index contributed by atoms with van der Waals surface area (Å²) in [7, 11) is 0. The molecule has 6 nitrogen and oxygen atoms in total. The van der Waals surface area contributed by atoms with E-state index in [4.69, 9.17) is 5.11 Å². The first-order valence-electron chi connectivity index (χ1n) is 6.11. The fourth-order valence-corrected chi connectivity index (χ4v) is 2.07. The average Bonchev–Trinajstić information content (AvgIpc) is 2.65. The van der Waals surface area contributed by atoms with Crippen molar-refractivity contribution in [3.8, 4) is 0 Å². The summed E-state index contributed by atoms with van der Waals surface area (Å²) in [4.78, 5) is 35.5. The monoisotopic (exact) mass is 256 g/mol. The van der Waals surface area contributed by atoms with Gasteiger partial charge in [0.25, 0.3) is 0 Å². The van der Waals surface area contributed by atoms with Crippen LogP contribution in [0.3, 0.4) is 0 Å². The number of amides is 3. The van der Waals surface area contributed by atoms with Gasteiger partial charge in [0.05, 0.1) is 6.42 Å². The summed E-state index contributed by atoms with van der Waals surface area (Å²) in [6.07, 6.45) is 1.86. The van der Waals surface area contributed by atoms with Crippen molar-refractivity contribution >= 4 is 17.9 Å². The molecule has 0 atom stereocenters. The predicted octanol–water partition coefficient (Wildman–Crippen LogP) is 1.21. The van der Waals surface area contributed by atoms with Gasteiger partial charge in [0.15, 0.2) is 0 Å². The highest BCUT2D eigenvalue weighted by Gasteiger charge is 2.27. The number of urea groups is 1. The minimum atomic E-state index is -0.946. The predicted molar refractivity (Wildman–Crippen MR) is 65.0 cm³/mol. The van der Waals surface area contributed by atoms with E-state index in [1.807, 2.05) is 0 Å². The second kappa shape index (κ2) is 5.84. The summed E-state index contributed by atoms with van der Waals surface area (Å²) in [6, 6.07) is -0.372. The van der Waals surface area contributed by atoms with E-state index in [0.29, 0.717) is 13.1 Å². The lowest BCUT2D eigenvalue weighted by Gasteiger charge is -2.22. The Morgan fingerprint density at radius 1 is 1.17 bits per heavy atom. The lowest BCUT2D eigenvalue weighted by molar-refractivity contribution is -0.139. The molecule has 0 radical (unpaired) electrons. The van der Waals surface area contributed by atoms with Crippen molar-refractivity contribution in [1.29, 1.82) is 0 Å². The SMILES string of the molecule is CC(C)(CC(=O)O)CC(=O)NC(=O)N1CCCC1. The van der Waals surface area contributed by atoms with Gasteiger partial charge in [0.2, 0.25) is 5.91 Å². The Morgan fingerprint density at radius 2 is 1.72 bits per heavy atom. The highest BCUT2D eigenvalue weighted by Crippen LogP contribution is 2.24.